The highest BCUT2D eigenvalue weighted by molar-refractivity contribution is 6.34. The van der Waals surface area contributed by atoms with Crippen molar-refractivity contribution in [1.82, 2.24) is 4.57 Å². The van der Waals surface area contributed by atoms with E-state index in [9.17, 15) is 19.7 Å². The van der Waals surface area contributed by atoms with Gasteiger partial charge in [-0.15, -0.1) is 0 Å². The summed E-state index contributed by atoms with van der Waals surface area (Å²) >= 11 is 6.09. The molecule has 0 fully saturated rings. The monoisotopic (exact) mass is 372 g/mol. The standard InChI is InChI=1S/C18H13ClN2O5/c1-10-16(18(23)26-2)13-5-3-4-6-15(13)20(10)17(22)12-8-7-11(21(24)25)9-14(12)19/h3-9H,1-2H3. The third-order valence-corrected chi connectivity index (χ3v) is 4.41. The van der Waals surface area contributed by atoms with E-state index in [0.717, 1.165) is 6.07 Å². The Balaban J connectivity index is 2.23. The van der Waals surface area contributed by atoms with Crippen molar-refractivity contribution in [2.75, 3.05) is 7.11 Å². The molecule has 0 bridgehead atoms. The van der Waals surface area contributed by atoms with Gasteiger partial charge in [-0.1, -0.05) is 29.8 Å². The molecule has 3 aromatic rings. The Bertz CT molecular complexity index is 1070. The number of carbonyl (C=O) groups excluding carboxylic acids is 2. The minimum absolute atomic E-state index is 0.0407. The van der Waals surface area contributed by atoms with Gasteiger partial charge < -0.3 is 4.74 Å². The zero-order valence-electron chi connectivity index (χ0n) is 13.9. The number of ether oxygens (including phenoxy) is 1. The highest BCUT2D eigenvalue weighted by Crippen LogP contribution is 2.30. The lowest BCUT2D eigenvalue weighted by molar-refractivity contribution is -0.384. The number of non-ortho nitro benzene ring substituents is 1. The summed E-state index contributed by atoms with van der Waals surface area (Å²) in [7, 11) is 1.27. The maximum absolute atomic E-state index is 13.1. The molecule has 0 saturated carbocycles. The van der Waals surface area contributed by atoms with Gasteiger partial charge in [0.1, 0.15) is 0 Å². The second-order valence-corrected chi connectivity index (χ2v) is 5.94. The fourth-order valence-corrected chi connectivity index (χ4v) is 3.16. The zero-order chi connectivity index (χ0) is 19.0. The smallest absolute Gasteiger partial charge is 0.340 e. The molecule has 132 valence electrons. The summed E-state index contributed by atoms with van der Waals surface area (Å²) < 4.78 is 6.18. The van der Waals surface area contributed by atoms with Gasteiger partial charge in [-0.2, -0.15) is 0 Å². The number of rotatable bonds is 3. The summed E-state index contributed by atoms with van der Waals surface area (Å²) in [6, 6.07) is 10.5. The number of para-hydroxylation sites is 1. The van der Waals surface area contributed by atoms with E-state index in [1.54, 1.807) is 31.2 Å². The zero-order valence-corrected chi connectivity index (χ0v) is 14.6. The Hall–Kier alpha value is -3.19. The van der Waals surface area contributed by atoms with Crippen LogP contribution in [0.25, 0.3) is 10.9 Å². The Morgan fingerprint density at radius 3 is 2.50 bits per heavy atom. The Morgan fingerprint density at radius 2 is 1.88 bits per heavy atom. The summed E-state index contributed by atoms with van der Waals surface area (Å²) in [5.41, 5.74) is 1.09. The number of esters is 1. The van der Waals surface area contributed by atoms with Crippen molar-refractivity contribution in [2.45, 2.75) is 6.92 Å². The van der Waals surface area contributed by atoms with Gasteiger partial charge in [0.15, 0.2) is 0 Å². The summed E-state index contributed by atoms with van der Waals surface area (Å²) in [6.45, 7) is 1.63. The molecule has 2 aromatic carbocycles. The van der Waals surface area contributed by atoms with Crippen LogP contribution in [0, 0.1) is 17.0 Å². The van der Waals surface area contributed by atoms with Gasteiger partial charge in [0.2, 0.25) is 0 Å². The van der Waals surface area contributed by atoms with Gasteiger partial charge in [-0.05, 0) is 19.1 Å². The maximum atomic E-state index is 13.1. The van der Waals surface area contributed by atoms with E-state index in [4.69, 9.17) is 16.3 Å². The molecule has 0 atom stereocenters. The van der Waals surface area contributed by atoms with Crippen LogP contribution in [0.4, 0.5) is 5.69 Å². The van der Waals surface area contributed by atoms with Crippen LogP contribution < -0.4 is 0 Å². The Kier molecular flexibility index (Phi) is 4.48. The van der Waals surface area contributed by atoms with E-state index < -0.39 is 16.8 Å². The molecule has 3 rings (SSSR count). The van der Waals surface area contributed by atoms with Crippen LogP contribution in [0.5, 0.6) is 0 Å². The van der Waals surface area contributed by atoms with Crippen LogP contribution in [-0.2, 0) is 4.74 Å². The average molecular weight is 373 g/mol. The molecule has 1 aromatic heterocycles. The van der Waals surface area contributed by atoms with E-state index in [1.165, 1.54) is 23.8 Å². The largest absolute Gasteiger partial charge is 0.465 e. The molecule has 0 aliphatic rings. The first kappa shape index (κ1) is 17.6. The fraction of sp³-hybridized carbons (Fsp3) is 0.111. The molecule has 0 radical (unpaired) electrons. The van der Waals surface area contributed by atoms with Crippen LogP contribution in [-0.4, -0.2) is 28.5 Å². The Morgan fingerprint density at radius 1 is 1.19 bits per heavy atom. The number of halogens is 1. The Labute approximate surface area is 152 Å². The van der Waals surface area contributed by atoms with Crippen LogP contribution in [0.1, 0.15) is 26.4 Å². The molecule has 26 heavy (non-hydrogen) atoms. The van der Waals surface area contributed by atoms with E-state index in [1.807, 2.05) is 0 Å². The second kappa shape index (κ2) is 6.61. The average Bonchev–Trinajstić information content (AvgIpc) is 2.92. The van der Waals surface area contributed by atoms with Crippen molar-refractivity contribution in [3.63, 3.8) is 0 Å². The van der Waals surface area contributed by atoms with Crippen molar-refractivity contribution in [2.24, 2.45) is 0 Å². The lowest BCUT2D eigenvalue weighted by Gasteiger charge is -2.09. The van der Waals surface area contributed by atoms with Gasteiger partial charge >= 0.3 is 5.97 Å². The topological polar surface area (TPSA) is 91.4 Å². The number of nitrogens with zero attached hydrogens (tertiary/aromatic N) is 2. The first-order chi connectivity index (χ1) is 12.4. The SMILES string of the molecule is COC(=O)c1c(C)n(C(=O)c2ccc([N+](=O)[O-])cc2Cl)c2ccccc12. The molecular formula is C18H13ClN2O5. The number of benzene rings is 2. The molecule has 7 nitrogen and oxygen atoms in total. The van der Waals surface area contributed by atoms with Gasteiger partial charge in [0, 0.05) is 23.2 Å². The predicted octanol–water partition coefficient (Wildman–Crippen LogP) is 3.99. The number of carbonyl (C=O) groups is 2. The van der Waals surface area contributed by atoms with Crippen LogP contribution >= 0.6 is 11.6 Å². The van der Waals surface area contributed by atoms with Crippen molar-refractivity contribution in [3.05, 3.63) is 74.4 Å². The number of aromatic nitrogens is 1. The van der Waals surface area contributed by atoms with Crippen molar-refractivity contribution < 1.29 is 19.2 Å². The predicted molar refractivity (Wildman–Crippen MR) is 95.8 cm³/mol. The number of nitro groups is 1. The first-order valence-corrected chi connectivity index (χ1v) is 7.91. The summed E-state index contributed by atoms with van der Waals surface area (Å²) in [4.78, 5) is 35.5. The molecule has 1 heterocycles. The van der Waals surface area contributed by atoms with E-state index in [-0.39, 0.29) is 21.8 Å². The van der Waals surface area contributed by atoms with Gasteiger partial charge in [-0.25, -0.2) is 4.79 Å². The minimum Gasteiger partial charge on any atom is -0.465 e. The molecule has 8 heteroatoms. The lowest BCUT2D eigenvalue weighted by atomic mass is 10.1. The van der Waals surface area contributed by atoms with Crippen molar-refractivity contribution in [3.8, 4) is 0 Å². The van der Waals surface area contributed by atoms with E-state index in [0.29, 0.717) is 16.6 Å². The summed E-state index contributed by atoms with van der Waals surface area (Å²) in [5, 5.41) is 11.4. The number of nitro benzene ring substituents is 1. The fourth-order valence-electron chi connectivity index (χ4n) is 2.90. The molecule has 0 N–H and O–H groups in total. The minimum atomic E-state index is -0.591. The van der Waals surface area contributed by atoms with Crippen LogP contribution in [0.3, 0.4) is 0 Å². The highest BCUT2D eigenvalue weighted by Gasteiger charge is 2.25. The maximum Gasteiger partial charge on any atom is 0.340 e. The highest BCUT2D eigenvalue weighted by atomic mass is 35.5. The van der Waals surface area contributed by atoms with Crippen LogP contribution in [0.2, 0.25) is 5.02 Å². The number of hydrogen-bond donors (Lipinski definition) is 0. The second-order valence-electron chi connectivity index (χ2n) is 5.53. The third kappa shape index (κ3) is 2.72. The normalized spacial score (nSPS) is 10.7. The lowest BCUT2D eigenvalue weighted by Crippen LogP contribution is -2.15. The quantitative estimate of drug-likeness (QED) is 0.394. The molecule has 0 saturated heterocycles. The summed E-state index contributed by atoms with van der Waals surface area (Å²) in [5.74, 6) is -1.05. The van der Waals surface area contributed by atoms with Gasteiger partial charge in [-0.3, -0.25) is 19.5 Å². The van der Waals surface area contributed by atoms with E-state index in [2.05, 4.69) is 0 Å². The molecule has 0 aliphatic carbocycles. The van der Waals surface area contributed by atoms with Crippen molar-refractivity contribution in [1.29, 1.82) is 0 Å². The van der Waals surface area contributed by atoms with Crippen molar-refractivity contribution >= 4 is 40.1 Å². The molecule has 0 unspecified atom stereocenters. The number of methoxy groups -OCH3 is 1. The van der Waals surface area contributed by atoms with Gasteiger partial charge in [0.05, 0.1) is 33.7 Å². The first-order valence-electron chi connectivity index (χ1n) is 7.53. The molecule has 0 amide bonds. The summed E-state index contributed by atoms with van der Waals surface area (Å²) in [6.07, 6.45) is 0. The molecular weight excluding hydrogens is 360 g/mol. The third-order valence-electron chi connectivity index (χ3n) is 4.10. The number of fused-ring (bicyclic) bond motifs is 1. The van der Waals surface area contributed by atoms with Gasteiger partial charge in [0.25, 0.3) is 11.6 Å². The number of hydrogen-bond acceptors (Lipinski definition) is 5. The molecule has 0 aliphatic heterocycles. The molecule has 0 spiro atoms. The van der Waals surface area contributed by atoms with Crippen LogP contribution in [0.15, 0.2) is 42.5 Å². The van der Waals surface area contributed by atoms with E-state index >= 15 is 0 Å².